The SMILES string of the molecule is COc1ccc(C2C(CC(=O)O)C2(C)C)cc1. The van der Waals surface area contributed by atoms with Crippen molar-refractivity contribution in [3.63, 3.8) is 0 Å². The summed E-state index contributed by atoms with van der Waals surface area (Å²) in [4.78, 5) is 10.8. The van der Waals surface area contributed by atoms with Crippen molar-refractivity contribution in [2.75, 3.05) is 7.11 Å². The molecule has 2 rings (SSSR count). The first-order valence-electron chi connectivity index (χ1n) is 5.82. The van der Waals surface area contributed by atoms with Crippen LogP contribution in [-0.2, 0) is 4.79 Å². The number of hydrogen-bond donors (Lipinski definition) is 1. The van der Waals surface area contributed by atoms with E-state index in [9.17, 15) is 4.79 Å². The second-order valence-corrected chi connectivity index (χ2v) is 5.28. The van der Waals surface area contributed by atoms with Crippen molar-refractivity contribution in [1.29, 1.82) is 0 Å². The van der Waals surface area contributed by atoms with Crippen molar-refractivity contribution in [2.45, 2.75) is 26.2 Å². The monoisotopic (exact) mass is 234 g/mol. The minimum absolute atomic E-state index is 0.0903. The van der Waals surface area contributed by atoms with Crippen LogP contribution in [0, 0.1) is 11.3 Å². The molecule has 92 valence electrons. The van der Waals surface area contributed by atoms with Crippen molar-refractivity contribution in [1.82, 2.24) is 0 Å². The van der Waals surface area contributed by atoms with E-state index in [0.29, 0.717) is 5.92 Å². The zero-order valence-electron chi connectivity index (χ0n) is 10.4. The second kappa shape index (κ2) is 4.06. The average Bonchev–Trinajstić information content (AvgIpc) is 2.80. The highest BCUT2D eigenvalue weighted by Crippen LogP contribution is 2.65. The van der Waals surface area contributed by atoms with Crippen molar-refractivity contribution < 1.29 is 14.6 Å². The number of carbonyl (C=O) groups is 1. The van der Waals surface area contributed by atoms with Crippen LogP contribution in [0.3, 0.4) is 0 Å². The Labute approximate surface area is 101 Å². The van der Waals surface area contributed by atoms with Gasteiger partial charge in [-0.1, -0.05) is 26.0 Å². The highest BCUT2D eigenvalue weighted by Gasteiger charge is 2.58. The van der Waals surface area contributed by atoms with E-state index in [2.05, 4.69) is 13.8 Å². The number of rotatable bonds is 4. The van der Waals surface area contributed by atoms with E-state index in [1.807, 2.05) is 24.3 Å². The molecular formula is C14H18O3. The van der Waals surface area contributed by atoms with E-state index < -0.39 is 5.97 Å². The van der Waals surface area contributed by atoms with Crippen LogP contribution in [0.1, 0.15) is 31.7 Å². The lowest BCUT2D eigenvalue weighted by molar-refractivity contribution is -0.137. The molecule has 0 spiro atoms. The number of aliphatic carboxylic acids is 1. The summed E-state index contributed by atoms with van der Waals surface area (Å²) in [5, 5.41) is 8.88. The second-order valence-electron chi connectivity index (χ2n) is 5.28. The summed E-state index contributed by atoms with van der Waals surface area (Å²) in [5.74, 6) is 0.721. The zero-order valence-corrected chi connectivity index (χ0v) is 10.4. The van der Waals surface area contributed by atoms with Gasteiger partial charge in [-0.05, 0) is 34.9 Å². The Balaban J connectivity index is 2.15. The fourth-order valence-corrected chi connectivity index (χ4v) is 2.79. The molecule has 3 nitrogen and oxygen atoms in total. The highest BCUT2D eigenvalue weighted by molar-refractivity contribution is 5.68. The van der Waals surface area contributed by atoms with Crippen molar-refractivity contribution in [2.24, 2.45) is 11.3 Å². The van der Waals surface area contributed by atoms with Gasteiger partial charge in [0.2, 0.25) is 0 Å². The van der Waals surface area contributed by atoms with Crippen molar-refractivity contribution in [3.8, 4) is 5.75 Å². The molecule has 0 saturated heterocycles. The van der Waals surface area contributed by atoms with Crippen LogP contribution in [0.4, 0.5) is 0 Å². The predicted octanol–water partition coefficient (Wildman–Crippen LogP) is 2.91. The number of ether oxygens (including phenoxy) is 1. The Morgan fingerprint density at radius 2 is 1.94 bits per heavy atom. The molecule has 1 aromatic carbocycles. The predicted molar refractivity (Wildman–Crippen MR) is 65.3 cm³/mol. The molecule has 0 heterocycles. The third kappa shape index (κ3) is 2.14. The van der Waals surface area contributed by atoms with Gasteiger partial charge in [0, 0.05) is 6.42 Å². The van der Waals surface area contributed by atoms with Crippen LogP contribution in [0.2, 0.25) is 0 Å². The van der Waals surface area contributed by atoms with Gasteiger partial charge in [0.15, 0.2) is 0 Å². The molecule has 17 heavy (non-hydrogen) atoms. The Kier molecular flexibility index (Phi) is 2.86. The largest absolute Gasteiger partial charge is 0.497 e. The van der Waals surface area contributed by atoms with Gasteiger partial charge in [-0.2, -0.15) is 0 Å². The van der Waals surface area contributed by atoms with Gasteiger partial charge in [-0.25, -0.2) is 0 Å². The Bertz CT molecular complexity index is 420. The molecular weight excluding hydrogens is 216 g/mol. The molecule has 1 N–H and O–H groups in total. The maximum Gasteiger partial charge on any atom is 0.303 e. The maximum absolute atomic E-state index is 10.8. The van der Waals surface area contributed by atoms with Gasteiger partial charge in [0.05, 0.1) is 7.11 Å². The topological polar surface area (TPSA) is 46.5 Å². The number of methoxy groups -OCH3 is 1. The molecule has 1 aliphatic carbocycles. The number of carboxylic acids is 1. The molecule has 1 aromatic rings. The van der Waals surface area contributed by atoms with E-state index >= 15 is 0 Å². The van der Waals surface area contributed by atoms with Crippen LogP contribution in [0.5, 0.6) is 5.75 Å². The quantitative estimate of drug-likeness (QED) is 0.871. The minimum atomic E-state index is -0.709. The standard InChI is InChI=1S/C14H18O3/c1-14(2)11(8-12(15)16)13(14)9-4-6-10(17-3)7-5-9/h4-7,11,13H,8H2,1-3H3,(H,15,16). The van der Waals surface area contributed by atoms with Crippen LogP contribution >= 0.6 is 0 Å². The van der Waals surface area contributed by atoms with E-state index in [1.165, 1.54) is 5.56 Å². The van der Waals surface area contributed by atoms with Crippen molar-refractivity contribution >= 4 is 5.97 Å². The van der Waals surface area contributed by atoms with E-state index in [-0.39, 0.29) is 17.8 Å². The van der Waals surface area contributed by atoms with E-state index in [0.717, 1.165) is 5.75 Å². The fourth-order valence-electron chi connectivity index (χ4n) is 2.79. The lowest BCUT2D eigenvalue weighted by atomic mass is 10.0. The summed E-state index contributed by atoms with van der Waals surface area (Å²) < 4.78 is 5.12. The number of benzene rings is 1. The Hall–Kier alpha value is -1.51. The van der Waals surface area contributed by atoms with Crippen LogP contribution in [-0.4, -0.2) is 18.2 Å². The lowest BCUT2D eigenvalue weighted by Gasteiger charge is -2.04. The summed E-state index contributed by atoms with van der Waals surface area (Å²) in [6, 6.07) is 7.93. The van der Waals surface area contributed by atoms with Gasteiger partial charge < -0.3 is 9.84 Å². The number of hydrogen-bond acceptors (Lipinski definition) is 2. The van der Waals surface area contributed by atoms with Gasteiger partial charge in [0.1, 0.15) is 5.75 Å². The fraction of sp³-hybridized carbons (Fsp3) is 0.500. The first kappa shape index (κ1) is 12.0. The molecule has 1 saturated carbocycles. The van der Waals surface area contributed by atoms with Gasteiger partial charge in [-0.15, -0.1) is 0 Å². The lowest BCUT2D eigenvalue weighted by Crippen LogP contribution is -1.99. The first-order chi connectivity index (χ1) is 7.96. The summed E-state index contributed by atoms with van der Waals surface area (Å²) in [5.41, 5.74) is 1.30. The van der Waals surface area contributed by atoms with Gasteiger partial charge >= 0.3 is 5.97 Å². The van der Waals surface area contributed by atoms with Gasteiger partial charge in [0.25, 0.3) is 0 Å². The van der Waals surface area contributed by atoms with Crippen LogP contribution < -0.4 is 4.74 Å². The van der Waals surface area contributed by atoms with Crippen LogP contribution in [0.15, 0.2) is 24.3 Å². The summed E-state index contributed by atoms with van der Waals surface area (Å²) in [6.45, 7) is 4.27. The Morgan fingerprint density at radius 3 is 2.41 bits per heavy atom. The molecule has 3 heteroatoms. The van der Waals surface area contributed by atoms with E-state index in [4.69, 9.17) is 9.84 Å². The average molecular weight is 234 g/mol. The third-order valence-corrected chi connectivity index (χ3v) is 3.92. The van der Waals surface area contributed by atoms with E-state index in [1.54, 1.807) is 7.11 Å². The van der Waals surface area contributed by atoms with Crippen molar-refractivity contribution in [3.05, 3.63) is 29.8 Å². The molecule has 0 radical (unpaired) electrons. The molecule has 1 aliphatic rings. The maximum atomic E-state index is 10.8. The highest BCUT2D eigenvalue weighted by atomic mass is 16.5. The summed E-state index contributed by atoms with van der Waals surface area (Å²) in [6.07, 6.45) is 0.254. The molecule has 0 aromatic heterocycles. The normalized spacial score (nSPS) is 25.4. The smallest absolute Gasteiger partial charge is 0.303 e. The molecule has 0 bridgehead atoms. The number of carboxylic acid groups (broad SMARTS) is 1. The zero-order chi connectivity index (χ0) is 12.6. The Morgan fingerprint density at radius 1 is 1.35 bits per heavy atom. The minimum Gasteiger partial charge on any atom is -0.497 e. The molecule has 0 aliphatic heterocycles. The molecule has 1 fully saturated rings. The molecule has 0 amide bonds. The summed E-state index contributed by atoms with van der Waals surface area (Å²) >= 11 is 0. The van der Waals surface area contributed by atoms with Gasteiger partial charge in [-0.3, -0.25) is 4.79 Å². The van der Waals surface area contributed by atoms with Crippen LogP contribution in [0.25, 0.3) is 0 Å². The summed E-state index contributed by atoms with van der Waals surface area (Å²) in [7, 11) is 1.64. The third-order valence-electron chi connectivity index (χ3n) is 3.92. The molecule has 2 atom stereocenters. The molecule has 2 unspecified atom stereocenters. The first-order valence-corrected chi connectivity index (χ1v) is 5.82.